The van der Waals surface area contributed by atoms with Crippen LogP contribution in [0.4, 0.5) is 13.6 Å². The highest BCUT2D eigenvalue weighted by atomic mass is 19.1. The summed E-state index contributed by atoms with van der Waals surface area (Å²) in [5.74, 6) is -0.883. The van der Waals surface area contributed by atoms with Crippen LogP contribution in [0.1, 0.15) is 57.7 Å². The number of aliphatic hydroxyl groups excluding tert-OH is 1. The van der Waals surface area contributed by atoms with Crippen LogP contribution in [0.25, 0.3) is 11.1 Å². The molecule has 1 unspecified atom stereocenters. The van der Waals surface area contributed by atoms with Crippen molar-refractivity contribution in [3.8, 4) is 11.1 Å². The molecule has 0 heterocycles. The van der Waals surface area contributed by atoms with Gasteiger partial charge in [0.1, 0.15) is 17.2 Å². The van der Waals surface area contributed by atoms with Gasteiger partial charge in [0.05, 0.1) is 12.1 Å². The molecule has 3 aromatic carbocycles. The second-order valence-electron chi connectivity index (χ2n) is 11.7. The number of carbonyl (C=O) groups excluding carboxylic acids is 1. The first-order valence-corrected chi connectivity index (χ1v) is 13.9. The number of ether oxygens (including phenoxy) is 1. The van der Waals surface area contributed by atoms with E-state index in [2.05, 4.69) is 54.8 Å². The molecule has 0 spiro atoms. The summed E-state index contributed by atoms with van der Waals surface area (Å²) < 4.78 is 33.0. The summed E-state index contributed by atoms with van der Waals surface area (Å²) >= 11 is 0. The number of carbonyl (C=O) groups is 1. The number of amides is 1. The lowest BCUT2D eigenvalue weighted by molar-refractivity contribution is 0.0413. The summed E-state index contributed by atoms with van der Waals surface area (Å²) in [7, 11) is 0. The minimum atomic E-state index is -0.979. The van der Waals surface area contributed by atoms with Crippen LogP contribution in [0, 0.1) is 17.6 Å². The molecule has 216 valence electrons. The van der Waals surface area contributed by atoms with Gasteiger partial charge in [-0.1, -0.05) is 62.4 Å². The molecule has 0 saturated carbocycles. The molecule has 0 aliphatic carbocycles. The Hall–Kier alpha value is -3.29. The fourth-order valence-electron chi connectivity index (χ4n) is 4.69. The standard InChI is InChI=1S/C33H42F2N2O3/c1-22(2)15-23-11-12-29(25-9-7-6-8-10-25)26(16-23)21-36-14-13-31(38)30(37-32(39)40-33(3,4)5)19-24-17-27(34)20-28(35)18-24/h6-12,16-18,20,22,30-31,36,38H,13-15,19,21H2,1-5H3,(H,37,39)/t30?,31-/m1/s1. The van der Waals surface area contributed by atoms with E-state index >= 15 is 0 Å². The Morgan fingerprint density at radius 3 is 2.23 bits per heavy atom. The third kappa shape index (κ3) is 10.4. The van der Waals surface area contributed by atoms with Crippen molar-refractivity contribution in [3.05, 3.63) is 95.1 Å². The molecule has 2 atom stereocenters. The number of alkyl carbamates (subject to hydrolysis) is 1. The Morgan fingerprint density at radius 1 is 0.925 bits per heavy atom. The van der Waals surface area contributed by atoms with E-state index in [0.29, 0.717) is 31.0 Å². The Kier molecular flexibility index (Phi) is 11.2. The summed E-state index contributed by atoms with van der Waals surface area (Å²) in [4.78, 5) is 12.5. The Labute approximate surface area is 237 Å². The number of aliphatic hydroxyl groups is 1. The summed E-state index contributed by atoms with van der Waals surface area (Å²) in [6.45, 7) is 10.7. The van der Waals surface area contributed by atoms with Crippen molar-refractivity contribution in [3.63, 3.8) is 0 Å². The topological polar surface area (TPSA) is 70.6 Å². The quantitative estimate of drug-likeness (QED) is 0.216. The van der Waals surface area contributed by atoms with E-state index in [1.807, 2.05) is 18.2 Å². The SMILES string of the molecule is CC(C)Cc1ccc(-c2ccccc2)c(CNCC[C@@H](O)C(Cc2cc(F)cc(F)c2)NC(=O)OC(C)(C)C)c1. The molecule has 0 saturated heterocycles. The number of hydrogen-bond acceptors (Lipinski definition) is 4. The van der Waals surface area contributed by atoms with Crippen LogP contribution in [-0.2, 0) is 24.1 Å². The van der Waals surface area contributed by atoms with Crippen molar-refractivity contribution in [1.29, 1.82) is 0 Å². The minimum absolute atomic E-state index is 0.0461. The van der Waals surface area contributed by atoms with Gasteiger partial charge in [0.25, 0.3) is 0 Å². The maximum absolute atomic E-state index is 13.8. The molecule has 3 N–H and O–H groups in total. The molecule has 0 aliphatic heterocycles. The van der Waals surface area contributed by atoms with E-state index in [4.69, 9.17) is 4.74 Å². The van der Waals surface area contributed by atoms with Crippen molar-refractivity contribution in [2.24, 2.45) is 5.92 Å². The average molecular weight is 553 g/mol. The Bertz CT molecular complexity index is 1220. The molecule has 0 aliphatic rings. The zero-order valence-electron chi connectivity index (χ0n) is 24.1. The predicted molar refractivity (Wildman–Crippen MR) is 156 cm³/mol. The van der Waals surface area contributed by atoms with Gasteiger partial charge in [-0.05, 0) is 92.4 Å². The number of rotatable bonds is 12. The van der Waals surface area contributed by atoms with Gasteiger partial charge in [0.2, 0.25) is 0 Å². The van der Waals surface area contributed by atoms with E-state index in [1.54, 1.807) is 20.8 Å². The molecular formula is C33H42F2N2O3. The summed E-state index contributed by atoms with van der Waals surface area (Å²) in [6, 6.07) is 19.2. The number of hydrogen-bond donors (Lipinski definition) is 3. The van der Waals surface area contributed by atoms with E-state index < -0.39 is 35.5 Å². The molecule has 0 bridgehead atoms. The maximum atomic E-state index is 13.8. The normalized spacial score (nSPS) is 13.2. The first kappa shape index (κ1) is 31.2. The Balaban J connectivity index is 1.69. The fourth-order valence-corrected chi connectivity index (χ4v) is 4.69. The minimum Gasteiger partial charge on any atom is -0.444 e. The van der Waals surface area contributed by atoms with Crippen LogP contribution in [0.2, 0.25) is 0 Å². The molecule has 0 radical (unpaired) electrons. The van der Waals surface area contributed by atoms with Crippen molar-refractivity contribution >= 4 is 6.09 Å². The summed E-state index contributed by atoms with van der Waals surface area (Å²) in [6.07, 6.45) is -0.336. The zero-order valence-corrected chi connectivity index (χ0v) is 24.1. The number of benzene rings is 3. The van der Waals surface area contributed by atoms with Crippen LogP contribution in [0.3, 0.4) is 0 Å². The Morgan fingerprint density at radius 2 is 1.60 bits per heavy atom. The van der Waals surface area contributed by atoms with E-state index in [-0.39, 0.29) is 6.42 Å². The van der Waals surface area contributed by atoms with Gasteiger partial charge in [-0.15, -0.1) is 0 Å². The zero-order chi connectivity index (χ0) is 29.3. The van der Waals surface area contributed by atoms with Crippen LogP contribution in [0.5, 0.6) is 0 Å². The molecule has 7 heteroatoms. The third-order valence-electron chi connectivity index (χ3n) is 6.38. The van der Waals surface area contributed by atoms with Crippen molar-refractivity contribution in [2.75, 3.05) is 6.54 Å². The van der Waals surface area contributed by atoms with Crippen LogP contribution < -0.4 is 10.6 Å². The highest BCUT2D eigenvalue weighted by Gasteiger charge is 2.25. The molecule has 0 fully saturated rings. The lowest BCUT2D eigenvalue weighted by atomic mass is 9.94. The lowest BCUT2D eigenvalue weighted by Gasteiger charge is -2.27. The molecule has 3 aromatic rings. The second kappa shape index (κ2) is 14.4. The molecule has 5 nitrogen and oxygen atoms in total. The van der Waals surface area contributed by atoms with Crippen molar-refractivity contribution < 1.29 is 23.4 Å². The third-order valence-corrected chi connectivity index (χ3v) is 6.38. The van der Waals surface area contributed by atoms with Crippen molar-refractivity contribution in [2.45, 2.75) is 78.2 Å². The van der Waals surface area contributed by atoms with Crippen molar-refractivity contribution in [1.82, 2.24) is 10.6 Å². The van der Waals surface area contributed by atoms with Gasteiger partial charge in [-0.3, -0.25) is 0 Å². The number of halogens is 2. The largest absolute Gasteiger partial charge is 0.444 e. The van der Waals surface area contributed by atoms with Gasteiger partial charge in [-0.2, -0.15) is 0 Å². The predicted octanol–water partition coefficient (Wildman–Crippen LogP) is 6.81. The van der Waals surface area contributed by atoms with Gasteiger partial charge in [0.15, 0.2) is 0 Å². The van der Waals surface area contributed by atoms with Gasteiger partial charge in [-0.25, -0.2) is 13.6 Å². The average Bonchev–Trinajstić information content (AvgIpc) is 2.84. The first-order chi connectivity index (χ1) is 18.9. The highest BCUT2D eigenvalue weighted by molar-refractivity contribution is 5.68. The highest BCUT2D eigenvalue weighted by Crippen LogP contribution is 2.26. The van der Waals surface area contributed by atoms with E-state index in [0.717, 1.165) is 29.2 Å². The molecule has 0 aromatic heterocycles. The molecular weight excluding hydrogens is 510 g/mol. The van der Waals surface area contributed by atoms with Crippen LogP contribution >= 0.6 is 0 Å². The second-order valence-corrected chi connectivity index (χ2v) is 11.7. The number of nitrogens with one attached hydrogen (secondary N) is 2. The van der Waals surface area contributed by atoms with Crippen LogP contribution in [0.15, 0.2) is 66.7 Å². The monoisotopic (exact) mass is 552 g/mol. The summed E-state index contributed by atoms with van der Waals surface area (Å²) in [5.41, 5.74) is 4.33. The fraction of sp³-hybridized carbons (Fsp3) is 0.424. The summed E-state index contributed by atoms with van der Waals surface area (Å²) in [5, 5.41) is 17.2. The van der Waals surface area contributed by atoms with E-state index in [9.17, 15) is 18.7 Å². The molecule has 1 amide bonds. The van der Waals surface area contributed by atoms with Crippen LogP contribution in [-0.4, -0.2) is 35.5 Å². The molecule has 40 heavy (non-hydrogen) atoms. The smallest absolute Gasteiger partial charge is 0.407 e. The van der Waals surface area contributed by atoms with Gasteiger partial charge >= 0.3 is 6.09 Å². The van der Waals surface area contributed by atoms with Gasteiger partial charge < -0.3 is 20.5 Å². The van der Waals surface area contributed by atoms with E-state index in [1.165, 1.54) is 17.7 Å². The molecule has 3 rings (SSSR count). The maximum Gasteiger partial charge on any atom is 0.407 e. The van der Waals surface area contributed by atoms with Gasteiger partial charge in [0, 0.05) is 12.6 Å². The lowest BCUT2D eigenvalue weighted by Crippen LogP contribution is -2.47. The first-order valence-electron chi connectivity index (χ1n) is 13.9.